The van der Waals surface area contributed by atoms with E-state index in [1.54, 1.807) is 32.2 Å². The summed E-state index contributed by atoms with van der Waals surface area (Å²) in [6, 6.07) is 5.11. The maximum absolute atomic E-state index is 11.5. The van der Waals surface area contributed by atoms with Gasteiger partial charge >= 0.3 is 6.16 Å². The first-order valence-corrected chi connectivity index (χ1v) is 13.4. The Hall–Kier alpha value is -3.41. The maximum atomic E-state index is 11.5. The predicted octanol–water partition coefficient (Wildman–Crippen LogP) is 4.14. The Morgan fingerprint density at radius 3 is 2.60 bits per heavy atom. The number of carbonyl (C=O) groups excluding carboxylic acids is 1. The fourth-order valence-corrected chi connectivity index (χ4v) is 5.60. The SMILES string of the molecule is CNC[C@@H](O)COc1ccc(Cl)c(-c2nc(/C(C(C)=N)=C(\C)O)c(C)c(N3CC4(CC(OC(=O)OC)C4)C3)n2)c1. The van der Waals surface area contributed by atoms with Gasteiger partial charge in [0.25, 0.3) is 0 Å². The summed E-state index contributed by atoms with van der Waals surface area (Å²) in [5.41, 5.74) is 2.22. The second kappa shape index (κ2) is 12.0. The van der Waals surface area contributed by atoms with Gasteiger partial charge in [-0.3, -0.25) is 0 Å². The Morgan fingerprint density at radius 2 is 2.00 bits per heavy atom. The zero-order valence-electron chi connectivity index (χ0n) is 23.4. The summed E-state index contributed by atoms with van der Waals surface area (Å²) in [5.74, 6) is 1.47. The average molecular weight is 574 g/mol. The number of rotatable bonds is 10. The number of benzene rings is 1. The van der Waals surface area contributed by atoms with Crippen molar-refractivity contribution in [2.45, 2.75) is 45.8 Å². The molecule has 1 aromatic carbocycles. The molecule has 4 N–H and O–H groups in total. The van der Waals surface area contributed by atoms with Crippen LogP contribution in [-0.4, -0.2) is 84.7 Å². The molecule has 1 spiro atoms. The molecule has 40 heavy (non-hydrogen) atoms. The molecule has 2 aromatic rings. The minimum absolute atomic E-state index is 0.0187. The Bertz CT molecular complexity index is 1310. The van der Waals surface area contributed by atoms with Crippen LogP contribution in [0.1, 0.15) is 37.9 Å². The van der Waals surface area contributed by atoms with E-state index in [0.29, 0.717) is 58.9 Å². The van der Waals surface area contributed by atoms with Crippen molar-refractivity contribution in [3.63, 3.8) is 0 Å². The van der Waals surface area contributed by atoms with Crippen LogP contribution in [0.15, 0.2) is 24.0 Å². The highest BCUT2D eigenvalue weighted by Crippen LogP contribution is 2.51. The minimum Gasteiger partial charge on any atom is -0.512 e. The predicted molar refractivity (Wildman–Crippen MR) is 152 cm³/mol. The number of nitrogens with one attached hydrogen (secondary N) is 2. The van der Waals surface area contributed by atoms with E-state index in [2.05, 4.69) is 15.0 Å². The molecular weight excluding hydrogens is 538 g/mol. The van der Waals surface area contributed by atoms with E-state index in [9.17, 15) is 15.0 Å². The van der Waals surface area contributed by atoms with Gasteiger partial charge in [-0.2, -0.15) is 0 Å². The fourth-order valence-electron chi connectivity index (χ4n) is 5.39. The number of hydrogen-bond donors (Lipinski definition) is 4. The Kier molecular flexibility index (Phi) is 8.86. The van der Waals surface area contributed by atoms with Gasteiger partial charge in [0.1, 0.15) is 36.1 Å². The number of aliphatic hydroxyl groups is 2. The number of methoxy groups -OCH3 is 1. The molecule has 1 aromatic heterocycles. The summed E-state index contributed by atoms with van der Waals surface area (Å²) in [6.45, 7) is 6.91. The van der Waals surface area contributed by atoms with Crippen molar-refractivity contribution in [1.29, 1.82) is 5.41 Å². The summed E-state index contributed by atoms with van der Waals surface area (Å²) < 4.78 is 15.7. The largest absolute Gasteiger partial charge is 0.512 e. The highest BCUT2D eigenvalue weighted by Gasteiger charge is 2.54. The smallest absolute Gasteiger partial charge is 0.508 e. The van der Waals surface area contributed by atoms with E-state index in [-0.39, 0.29) is 29.6 Å². The standard InChI is InChI=1S/C28H36ClN5O6/c1-15-24(23(16(2)30)17(3)35)32-25(21-8-19(6-7-22(21)29)39-12-18(36)11-31-4)33-26(15)34-13-28(14-34)9-20(10-28)40-27(37)38-5/h6-8,18,20,30-31,35-36H,9-14H2,1-5H3/b23-17+,30-16?/t18-/m1/s1. The topological polar surface area (TPSA) is 150 Å². The summed E-state index contributed by atoms with van der Waals surface area (Å²) >= 11 is 6.60. The number of likely N-dealkylation sites (N-methyl/N-ethyl adjacent to an activating group) is 1. The molecule has 1 aliphatic heterocycles. The van der Waals surface area contributed by atoms with Gasteiger partial charge < -0.3 is 40.0 Å². The number of aromatic nitrogens is 2. The van der Waals surface area contributed by atoms with Crippen molar-refractivity contribution >= 4 is 34.9 Å². The lowest BCUT2D eigenvalue weighted by Gasteiger charge is -2.58. The van der Waals surface area contributed by atoms with Gasteiger partial charge in [-0.15, -0.1) is 0 Å². The van der Waals surface area contributed by atoms with Crippen molar-refractivity contribution in [2.75, 3.05) is 45.3 Å². The molecule has 2 fully saturated rings. The van der Waals surface area contributed by atoms with Gasteiger partial charge in [-0.1, -0.05) is 11.6 Å². The van der Waals surface area contributed by atoms with Crippen molar-refractivity contribution < 1.29 is 29.2 Å². The lowest BCUT2D eigenvalue weighted by Crippen LogP contribution is -2.64. The van der Waals surface area contributed by atoms with Crippen molar-refractivity contribution in [2.24, 2.45) is 5.41 Å². The molecule has 0 radical (unpaired) electrons. The first kappa shape index (κ1) is 29.6. The van der Waals surface area contributed by atoms with Gasteiger partial charge in [0.05, 0.1) is 23.4 Å². The summed E-state index contributed by atoms with van der Waals surface area (Å²) in [6.07, 6.45) is -0.0253. The lowest BCUT2D eigenvalue weighted by atomic mass is 9.61. The van der Waals surface area contributed by atoms with Crippen molar-refractivity contribution in [3.05, 3.63) is 40.2 Å². The van der Waals surface area contributed by atoms with Crippen LogP contribution in [-0.2, 0) is 9.47 Å². The monoisotopic (exact) mass is 573 g/mol. The van der Waals surface area contributed by atoms with E-state index in [0.717, 1.165) is 18.4 Å². The highest BCUT2D eigenvalue weighted by atomic mass is 35.5. The fraction of sp³-hybridized carbons (Fsp3) is 0.500. The molecule has 12 heteroatoms. The van der Waals surface area contributed by atoms with Crippen LogP contribution < -0.4 is 15.0 Å². The number of carbonyl (C=O) groups is 1. The minimum atomic E-state index is -0.684. The molecule has 2 aliphatic rings. The molecule has 4 rings (SSSR count). The Balaban J connectivity index is 1.67. The zero-order chi connectivity index (χ0) is 29.2. The number of hydrogen-bond acceptors (Lipinski definition) is 11. The Morgan fingerprint density at radius 1 is 1.30 bits per heavy atom. The number of nitrogens with zero attached hydrogens (tertiary/aromatic N) is 3. The van der Waals surface area contributed by atoms with Crippen LogP contribution in [0.2, 0.25) is 5.02 Å². The van der Waals surface area contributed by atoms with Crippen molar-refractivity contribution in [3.8, 4) is 17.1 Å². The number of ether oxygens (including phenoxy) is 3. The van der Waals surface area contributed by atoms with Crippen LogP contribution in [0.5, 0.6) is 5.75 Å². The molecule has 1 atom stereocenters. The quantitative estimate of drug-likeness (QED) is 0.185. The molecule has 2 heterocycles. The van der Waals surface area contributed by atoms with Gasteiger partial charge in [0.15, 0.2) is 5.82 Å². The van der Waals surface area contributed by atoms with Crippen LogP contribution >= 0.6 is 11.6 Å². The first-order valence-electron chi connectivity index (χ1n) is 13.1. The molecule has 0 unspecified atom stereocenters. The number of anilines is 1. The van der Waals surface area contributed by atoms with Crippen molar-refractivity contribution in [1.82, 2.24) is 15.3 Å². The summed E-state index contributed by atoms with van der Waals surface area (Å²) in [4.78, 5) is 23.2. The van der Waals surface area contributed by atoms with E-state index in [1.807, 2.05) is 6.92 Å². The normalized spacial score (nSPS) is 17.4. The van der Waals surface area contributed by atoms with Gasteiger partial charge in [-0.25, -0.2) is 14.8 Å². The second-order valence-corrected chi connectivity index (χ2v) is 11.0. The molecule has 1 aliphatic carbocycles. The second-order valence-electron chi connectivity index (χ2n) is 10.6. The van der Waals surface area contributed by atoms with E-state index in [1.165, 1.54) is 14.0 Å². The molecule has 0 bridgehead atoms. The first-order chi connectivity index (χ1) is 19.0. The molecular formula is C28H36ClN5O6. The maximum Gasteiger partial charge on any atom is 0.508 e. The van der Waals surface area contributed by atoms with Gasteiger partial charge in [0, 0.05) is 41.9 Å². The van der Waals surface area contributed by atoms with Gasteiger partial charge in [-0.05, 0) is 58.9 Å². The summed E-state index contributed by atoms with van der Waals surface area (Å²) in [7, 11) is 3.04. The Labute approximate surface area is 238 Å². The third kappa shape index (κ3) is 6.16. The molecule has 11 nitrogen and oxygen atoms in total. The molecule has 0 amide bonds. The van der Waals surface area contributed by atoms with Crippen LogP contribution in [0.4, 0.5) is 10.6 Å². The van der Waals surface area contributed by atoms with Crippen LogP contribution in [0, 0.1) is 17.7 Å². The third-order valence-corrected chi connectivity index (χ3v) is 7.59. The molecule has 216 valence electrons. The molecule has 1 saturated carbocycles. The number of halogens is 1. The number of aliphatic hydroxyl groups excluding tert-OH is 2. The number of allylic oxidation sites excluding steroid dienone is 2. The van der Waals surface area contributed by atoms with Crippen LogP contribution in [0.3, 0.4) is 0 Å². The van der Waals surface area contributed by atoms with E-state index >= 15 is 0 Å². The third-order valence-electron chi connectivity index (χ3n) is 7.26. The highest BCUT2D eigenvalue weighted by molar-refractivity contribution is 6.33. The lowest BCUT2D eigenvalue weighted by molar-refractivity contribution is -0.0749. The zero-order valence-corrected chi connectivity index (χ0v) is 24.1. The van der Waals surface area contributed by atoms with Gasteiger partial charge in [0.2, 0.25) is 0 Å². The molecule has 1 saturated heterocycles. The summed E-state index contributed by atoms with van der Waals surface area (Å²) in [5, 5.41) is 32.1. The average Bonchev–Trinajstić information content (AvgIpc) is 2.85. The van der Waals surface area contributed by atoms with E-state index < -0.39 is 12.3 Å². The van der Waals surface area contributed by atoms with E-state index in [4.69, 9.17) is 36.5 Å². The van der Waals surface area contributed by atoms with Crippen LogP contribution in [0.25, 0.3) is 17.0 Å².